The minimum atomic E-state index is -0.0863. The Kier molecular flexibility index (Phi) is 5.19. The Balaban J connectivity index is 3.06. The Morgan fingerprint density at radius 1 is 1.59 bits per heavy atom. The van der Waals surface area contributed by atoms with Crippen molar-refractivity contribution in [2.45, 2.75) is 20.0 Å². The number of nitrogens with one attached hydrogen (secondary N) is 1. The first-order valence-corrected chi connectivity index (χ1v) is 5.83. The van der Waals surface area contributed by atoms with Crippen LogP contribution in [0.4, 0.5) is 0 Å². The summed E-state index contributed by atoms with van der Waals surface area (Å²) in [5, 5.41) is 7.86. The zero-order valence-corrected chi connectivity index (χ0v) is 10.8. The SMILES string of the molecule is C/C=C(\C=N)c1ccc(Cl)c(O[C@@H](C)CN)c1. The molecule has 0 aliphatic rings. The lowest BCUT2D eigenvalue weighted by Crippen LogP contribution is -2.23. The second kappa shape index (κ2) is 6.42. The predicted molar refractivity (Wildman–Crippen MR) is 73.0 cm³/mol. The topological polar surface area (TPSA) is 59.1 Å². The van der Waals surface area contributed by atoms with Crippen LogP contribution in [0.3, 0.4) is 0 Å². The van der Waals surface area contributed by atoms with Crippen LogP contribution in [0, 0.1) is 5.41 Å². The van der Waals surface area contributed by atoms with Gasteiger partial charge in [-0.25, -0.2) is 0 Å². The lowest BCUT2D eigenvalue weighted by atomic mass is 10.1. The van der Waals surface area contributed by atoms with Crippen LogP contribution in [0.2, 0.25) is 5.02 Å². The number of hydrogen-bond acceptors (Lipinski definition) is 3. The monoisotopic (exact) mass is 252 g/mol. The molecule has 0 fully saturated rings. The lowest BCUT2D eigenvalue weighted by molar-refractivity contribution is 0.230. The molecule has 0 radical (unpaired) electrons. The molecule has 0 aliphatic carbocycles. The van der Waals surface area contributed by atoms with Gasteiger partial charge in [-0.05, 0) is 37.1 Å². The van der Waals surface area contributed by atoms with Crippen LogP contribution in [0.25, 0.3) is 5.57 Å². The zero-order valence-electron chi connectivity index (χ0n) is 10.0. The smallest absolute Gasteiger partial charge is 0.138 e. The van der Waals surface area contributed by atoms with Gasteiger partial charge in [0.2, 0.25) is 0 Å². The molecule has 0 bridgehead atoms. The summed E-state index contributed by atoms with van der Waals surface area (Å²) in [6, 6.07) is 5.46. The highest BCUT2D eigenvalue weighted by Crippen LogP contribution is 2.28. The van der Waals surface area contributed by atoms with Gasteiger partial charge in [-0.2, -0.15) is 0 Å². The predicted octanol–water partition coefficient (Wildman–Crippen LogP) is 3.12. The Labute approximate surface area is 107 Å². The molecule has 1 rings (SSSR count). The third kappa shape index (κ3) is 3.58. The number of benzene rings is 1. The molecule has 0 spiro atoms. The quantitative estimate of drug-likeness (QED) is 0.791. The molecule has 17 heavy (non-hydrogen) atoms. The molecule has 4 heteroatoms. The van der Waals surface area contributed by atoms with Gasteiger partial charge >= 0.3 is 0 Å². The number of allylic oxidation sites excluding steroid dienone is 2. The van der Waals surface area contributed by atoms with Crippen molar-refractivity contribution in [1.29, 1.82) is 5.41 Å². The molecule has 0 saturated carbocycles. The lowest BCUT2D eigenvalue weighted by Gasteiger charge is -2.15. The van der Waals surface area contributed by atoms with Crippen molar-refractivity contribution >= 4 is 23.4 Å². The van der Waals surface area contributed by atoms with Gasteiger partial charge < -0.3 is 15.9 Å². The molecular weight excluding hydrogens is 236 g/mol. The first kappa shape index (κ1) is 13.7. The molecule has 0 amide bonds. The summed E-state index contributed by atoms with van der Waals surface area (Å²) in [6.45, 7) is 4.20. The van der Waals surface area contributed by atoms with Crippen LogP contribution in [0.15, 0.2) is 24.3 Å². The van der Waals surface area contributed by atoms with Crippen LogP contribution < -0.4 is 10.5 Å². The van der Waals surface area contributed by atoms with E-state index in [-0.39, 0.29) is 6.10 Å². The molecular formula is C13H17ClN2O. The van der Waals surface area contributed by atoms with Crippen molar-refractivity contribution in [2.75, 3.05) is 6.54 Å². The highest BCUT2D eigenvalue weighted by Gasteiger charge is 2.08. The average Bonchev–Trinajstić information content (AvgIpc) is 2.34. The summed E-state index contributed by atoms with van der Waals surface area (Å²) >= 11 is 6.05. The van der Waals surface area contributed by atoms with Crippen molar-refractivity contribution in [3.05, 3.63) is 34.9 Å². The fraction of sp³-hybridized carbons (Fsp3) is 0.308. The molecule has 0 aliphatic heterocycles. The van der Waals surface area contributed by atoms with E-state index in [1.807, 2.05) is 32.1 Å². The standard InChI is InChI=1S/C13H17ClN2O/c1-3-10(8-16)11-4-5-12(14)13(6-11)17-9(2)7-15/h3-6,8-9,16H,7,15H2,1-2H3/b10-3+,16-8?/t9-/m0/s1. The summed E-state index contributed by atoms with van der Waals surface area (Å²) in [7, 11) is 0. The van der Waals surface area contributed by atoms with E-state index in [0.29, 0.717) is 17.3 Å². The van der Waals surface area contributed by atoms with Crippen LogP contribution in [0.1, 0.15) is 19.4 Å². The second-order valence-electron chi connectivity index (χ2n) is 3.70. The van der Waals surface area contributed by atoms with Gasteiger partial charge in [0, 0.05) is 12.8 Å². The molecule has 1 atom stereocenters. The first-order chi connectivity index (χ1) is 8.12. The van der Waals surface area contributed by atoms with Gasteiger partial charge in [0.25, 0.3) is 0 Å². The van der Waals surface area contributed by atoms with E-state index < -0.39 is 0 Å². The summed E-state index contributed by atoms with van der Waals surface area (Å²) in [6.07, 6.45) is 3.09. The van der Waals surface area contributed by atoms with Crippen LogP contribution in [-0.4, -0.2) is 18.9 Å². The molecule has 1 aromatic carbocycles. The van der Waals surface area contributed by atoms with E-state index in [1.54, 1.807) is 6.07 Å². The largest absolute Gasteiger partial charge is 0.488 e. The number of ether oxygens (including phenoxy) is 1. The van der Waals surface area contributed by atoms with Crippen molar-refractivity contribution in [2.24, 2.45) is 5.73 Å². The Morgan fingerprint density at radius 3 is 2.82 bits per heavy atom. The Hall–Kier alpha value is -1.32. The summed E-state index contributed by atoms with van der Waals surface area (Å²) in [5.74, 6) is 0.600. The minimum absolute atomic E-state index is 0.0863. The van der Waals surface area contributed by atoms with E-state index in [4.69, 9.17) is 27.5 Å². The van der Waals surface area contributed by atoms with E-state index >= 15 is 0 Å². The highest BCUT2D eigenvalue weighted by molar-refractivity contribution is 6.32. The molecule has 3 N–H and O–H groups in total. The third-order valence-electron chi connectivity index (χ3n) is 2.39. The number of nitrogens with two attached hydrogens (primary N) is 1. The zero-order chi connectivity index (χ0) is 12.8. The van der Waals surface area contributed by atoms with Crippen molar-refractivity contribution in [3.8, 4) is 5.75 Å². The number of halogens is 1. The fourth-order valence-corrected chi connectivity index (χ4v) is 1.53. The summed E-state index contributed by atoms with van der Waals surface area (Å²) < 4.78 is 5.61. The maximum absolute atomic E-state index is 7.31. The third-order valence-corrected chi connectivity index (χ3v) is 2.70. The summed E-state index contributed by atoms with van der Waals surface area (Å²) in [4.78, 5) is 0. The normalized spacial score (nSPS) is 13.3. The minimum Gasteiger partial charge on any atom is -0.488 e. The van der Waals surface area contributed by atoms with Gasteiger partial charge in [0.15, 0.2) is 0 Å². The molecule has 0 saturated heterocycles. The van der Waals surface area contributed by atoms with Crippen LogP contribution in [0.5, 0.6) is 5.75 Å². The van der Waals surface area contributed by atoms with Gasteiger partial charge in [0.1, 0.15) is 11.9 Å². The van der Waals surface area contributed by atoms with Crippen LogP contribution >= 0.6 is 11.6 Å². The first-order valence-electron chi connectivity index (χ1n) is 5.45. The van der Waals surface area contributed by atoms with Gasteiger partial charge in [-0.3, -0.25) is 0 Å². The van der Waals surface area contributed by atoms with Crippen LogP contribution in [-0.2, 0) is 0 Å². The summed E-state index contributed by atoms with van der Waals surface area (Å²) in [5.41, 5.74) is 7.24. The van der Waals surface area contributed by atoms with E-state index in [0.717, 1.165) is 11.1 Å². The maximum Gasteiger partial charge on any atom is 0.138 e. The number of hydrogen-bond donors (Lipinski definition) is 2. The molecule has 92 valence electrons. The van der Waals surface area contributed by atoms with Gasteiger partial charge in [-0.1, -0.05) is 23.7 Å². The van der Waals surface area contributed by atoms with Gasteiger partial charge in [0.05, 0.1) is 5.02 Å². The molecule has 0 heterocycles. The maximum atomic E-state index is 7.31. The molecule has 3 nitrogen and oxygen atoms in total. The molecule has 0 unspecified atom stereocenters. The Morgan fingerprint density at radius 2 is 2.29 bits per heavy atom. The fourth-order valence-electron chi connectivity index (χ4n) is 1.37. The van der Waals surface area contributed by atoms with Crippen molar-refractivity contribution in [1.82, 2.24) is 0 Å². The van der Waals surface area contributed by atoms with Crippen molar-refractivity contribution in [3.63, 3.8) is 0 Å². The highest BCUT2D eigenvalue weighted by atomic mass is 35.5. The van der Waals surface area contributed by atoms with E-state index in [1.165, 1.54) is 6.21 Å². The van der Waals surface area contributed by atoms with E-state index in [2.05, 4.69) is 0 Å². The van der Waals surface area contributed by atoms with E-state index in [9.17, 15) is 0 Å². The number of rotatable bonds is 5. The molecule has 0 aromatic heterocycles. The Bertz CT molecular complexity index is 429. The van der Waals surface area contributed by atoms with Gasteiger partial charge in [-0.15, -0.1) is 0 Å². The molecule has 1 aromatic rings. The second-order valence-corrected chi connectivity index (χ2v) is 4.10. The van der Waals surface area contributed by atoms with Crippen molar-refractivity contribution < 1.29 is 4.74 Å². The average molecular weight is 253 g/mol.